The zero-order valence-corrected chi connectivity index (χ0v) is 31.5. The maximum Gasteiger partial charge on any atom is 0.252 e. The van der Waals surface area contributed by atoms with E-state index >= 15 is 0 Å². The number of hydrogen-bond donors (Lipinski definition) is 2. The molecular formula is C39H52ClFN6O2S. The third-order valence-corrected chi connectivity index (χ3v) is 11.0. The van der Waals surface area contributed by atoms with E-state index in [1.807, 2.05) is 18.2 Å². The van der Waals surface area contributed by atoms with Crippen LogP contribution >= 0.6 is 22.9 Å². The number of thiophene rings is 1. The molecule has 1 saturated heterocycles. The highest BCUT2D eigenvalue weighted by Crippen LogP contribution is 2.29. The van der Waals surface area contributed by atoms with Gasteiger partial charge in [0.25, 0.3) is 5.91 Å². The summed E-state index contributed by atoms with van der Waals surface area (Å²) in [6.07, 6.45) is 4.95. The van der Waals surface area contributed by atoms with Crippen LogP contribution in [0.5, 0.6) is 0 Å². The summed E-state index contributed by atoms with van der Waals surface area (Å²) >= 11 is 7.96. The van der Waals surface area contributed by atoms with E-state index in [4.69, 9.17) is 16.6 Å². The number of fused-ring (bicyclic) bond motifs is 1. The Morgan fingerprint density at radius 3 is 2.44 bits per heavy atom. The van der Waals surface area contributed by atoms with Gasteiger partial charge >= 0.3 is 0 Å². The number of aromatic nitrogens is 2. The second-order valence-corrected chi connectivity index (χ2v) is 15.2. The molecule has 3 heterocycles. The molecule has 0 spiro atoms. The molecule has 2 aromatic heterocycles. The average molecular weight is 723 g/mol. The van der Waals surface area contributed by atoms with Gasteiger partial charge in [-0.3, -0.25) is 14.5 Å². The third-order valence-electron chi connectivity index (χ3n) is 9.76. The zero-order chi connectivity index (χ0) is 35.6. The van der Waals surface area contributed by atoms with Gasteiger partial charge in [-0.25, -0.2) is 9.37 Å². The SMILES string of the molecule is CCC(CC)n1c(Cc2cccs2)nc2cc(C(=O)NC(CCC(C)C)C(=O)NCCCN3CCN(Cc4c(F)cccc4Cl)CC3)ccc21. The zero-order valence-electron chi connectivity index (χ0n) is 29.9. The van der Waals surface area contributed by atoms with Crippen LogP contribution in [0.2, 0.25) is 5.02 Å². The fourth-order valence-electron chi connectivity index (χ4n) is 6.77. The molecule has 0 aliphatic carbocycles. The van der Waals surface area contributed by atoms with Crippen LogP contribution < -0.4 is 10.6 Å². The van der Waals surface area contributed by atoms with Gasteiger partial charge in [-0.2, -0.15) is 0 Å². The van der Waals surface area contributed by atoms with Gasteiger partial charge in [0.05, 0.1) is 11.0 Å². The van der Waals surface area contributed by atoms with E-state index in [1.54, 1.807) is 23.5 Å². The molecule has 2 amide bonds. The number of halogens is 2. The minimum atomic E-state index is -0.620. The van der Waals surface area contributed by atoms with Crippen molar-refractivity contribution in [2.45, 2.75) is 84.8 Å². The van der Waals surface area contributed by atoms with Crippen LogP contribution in [0.1, 0.15) is 92.5 Å². The van der Waals surface area contributed by atoms with Crippen molar-refractivity contribution in [1.82, 2.24) is 30.0 Å². The number of nitrogens with zero attached hydrogens (tertiary/aromatic N) is 4. The van der Waals surface area contributed by atoms with Gasteiger partial charge in [0.1, 0.15) is 17.7 Å². The van der Waals surface area contributed by atoms with Crippen molar-refractivity contribution in [3.63, 3.8) is 0 Å². The van der Waals surface area contributed by atoms with Crippen molar-refractivity contribution >= 4 is 45.8 Å². The molecule has 0 saturated carbocycles. The van der Waals surface area contributed by atoms with Crippen LogP contribution in [-0.2, 0) is 17.8 Å². The molecule has 1 atom stereocenters. The van der Waals surface area contributed by atoms with Crippen LogP contribution in [0.25, 0.3) is 11.0 Å². The van der Waals surface area contributed by atoms with Crippen LogP contribution in [0, 0.1) is 11.7 Å². The lowest BCUT2D eigenvalue weighted by Crippen LogP contribution is -2.48. The highest BCUT2D eigenvalue weighted by molar-refractivity contribution is 7.09. The lowest BCUT2D eigenvalue weighted by Gasteiger charge is -2.35. The molecule has 0 radical (unpaired) electrons. The smallest absolute Gasteiger partial charge is 0.252 e. The van der Waals surface area contributed by atoms with Crippen molar-refractivity contribution in [3.8, 4) is 0 Å². The van der Waals surface area contributed by atoms with Crippen molar-refractivity contribution in [1.29, 1.82) is 0 Å². The molecule has 11 heteroatoms. The molecule has 1 aliphatic heterocycles. The van der Waals surface area contributed by atoms with Gasteiger partial charge in [0.15, 0.2) is 0 Å². The highest BCUT2D eigenvalue weighted by atomic mass is 35.5. The summed E-state index contributed by atoms with van der Waals surface area (Å²) in [5.74, 6) is 0.743. The van der Waals surface area contributed by atoms with Gasteiger partial charge in [0, 0.05) is 72.8 Å². The van der Waals surface area contributed by atoms with Crippen LogP contribution in [0.4, 0.5) is 4.39 Å². The van der Waals surface area contributed by atoms with E-state index in [0.29, 0.717) is 47.6 Å². The van der Waals surface area contributed by atoms with E-state index in [-0.39, 0.29) is 17.6 Å². The number of hydrogen-bond acceptors (Lipinski definition) is 6. The molecule has 270 valence electrons. The maximum absolute atomic E-state index is 14.2. The van der Waals surface area contributed by atoms with Gasteiger partial charge in [-0.05, 0) is 86.3 Å². The number of imidazole rings is 1. The molecule has 2 aromatic carbocycles. The number of piperazine rings is 1. The van der Waals surface area contributed by atoms with E-state index in [1.165, 1.54) is 10.9 Å². The van der Waals surface area contributed by atoms with E-state index in [2.05, 4.69) is 70.2 Å². The highest BCUT2D eigenvalue weighted by Gasteiger charge is 2.24. The van der Waals surface area contributed by atoms with Gasteiger partial charge in [0.2, 0.25) is 5.91 Å². The van der Waals surface area contributed by atoms with E-state index < -0.39 is 6.04 Å². The molecule has 0 bridgehead atoms. The Morgan fingerprint density at radius 2 is 1.76 bits per heavy atom. The van der Waals surface area contributed by atoms with Crippen molar-refractivity contribution in [3.05, 3.63) is 86.6 Å². The Hall–Kier alpha value is -3.31. The first kappa shape index (κ1) is 37.9. The molecular weight excluding hydrogens is 671 g/mol. The summed E-state index contributed by atoms with van der Waals surface area (Å²) < 4.78 is 16.6. The minimum absolute atomic E-state index is 0.150. The third kappa shape index (κ3) is 9.93. The molecule has 5 rings (SSSR count). The Kier molecular flexibility index (Phi) is 13.9. The Balaban J connectivity index is 1.15. The monoisotopic (exact) mass is 722 g/mol. The number of carbonyl (C=O) groups is 2. The van der Waals surface area contributed by atoms with Crippen molar-refractivity contribution in [2.75, 3.05) is 39.3 Å². The number of carbonyl (C=O) groups excluding carboxylic acids is 2. The Labute approximate surface area is 305 Å². The quantitative estimate of drug-likeness (QED) is 0.109. The van der Waals surface area contributed by atoms with E-state index in [9.17, 15) is 14.0 Å². The second kappa shape index (κ2) is 18.3. The van der Waals surface area contributed by atoms with Gasteiger partial charge in [-0.15, -0.1) is 11.3 Å². The lowest BCUT2D eigenvalue weighted by atomic mass is 10.0. The molecule has 4 aromatic rings. The van der Waals surface area contributed by atoms with Gasteiger partial charge < -0.3 is 20.1 Å². The maximum atomic E-state index is 14.2. The first-order chi connectivity index (χ1) is 24.2. The first-order valence-electron chi connectivity index (χ1n) is 18.2. The fraction of sp³-hybridized carbons (Fsp3) is 0.513. The van der Waals surface area contributed by atoms with Gasteiger partial charge in [-0.1, -0.05) is 51.4 Å². The molecule has 2 N–H and O–H groups in total. The summed E-state index contributed by atoms with van der Waals surface area (Å²) in [5, 5.41) is 8.68. The Morgan fingerprint density at radius 1 is 1.00 bits per heavy atom. The first-order valence-corrected chi connectivity index (χ1v) is 19.4. The van der Waals surface area contributed by atoms with Crippen LogP contribution in [0.3, 0.4) is 0 Å². The summed E-state index contributed by atoms with van der Waals surface area (Å²) in [5.41, 5.74) is 2.90. The Bertz CT molecular complexity index is 1680. The molecule has 50 heavy (non-hydrogen) atoms. The van der Waals surface area contributed by atoms with Crippen LogP contribution in [-0.4, -0.2) is 76.5 Å². The summed E-state index contributed by atoms with van der Waals surface area (Å²) in [6, 6.07) is 14.5. The summed E-state index contributed by atoms with van der Waals surface area (Å²) in [6.45, 7) is 14.0. The number of nitrogens with one attached hydrogen (secondary N) is 2. The predicted molar refractivity (Wildman–Crippen MR) is 203 cm³/mol. The molecule has 1 unspecified atom stereocenters. The molecule has 1 aliphatic rings. The predicted octanol–water partition coefficient (Wildman–Crippen LogP) is 7.70. The fourth-order valence-corrected chi connectivity index (χ4v) is 7.69. The average Bonchev–Trinajstić information content (AvgIpc) is 3.75. The summed E-state index contributed by atoms with van der Waals surface area (Å²) in [7, 11) is 0. The minimum Gasteiger partial charge on any atom is -0.354 e. The largest absolute Gasteiger partial charge is 0.354 e. The van der Waals surface area contributed by atoms with Crippen molar-refractivity contribution in [2.24, 2.45) is 5.92 Å². The summed E-state index contributed by atoms with van der Waals surface area (Å²) in [4.78, 5) is 37.9. The standard InChI is InChI=1S/C39H52ClFN6O2S/c1-5-29(6-2)47-36-16-14-28(24-35(36)43-37(47)25-30-10-8-23-50-30)38(48)44-34(15-13-27(3)4)39(49)42-17-9-18-45-19-21-46(22-20-45)26-31-32(40)11-7-12-33(31)41/h7-8,10-12,14,16,23-24,27,29,34H,5-6,9,13,15,17-22,25-26H2,1-4H3,(H,42,49)(H,44,48). The number of benzene rings is 2. The molecule has 8 nitrogen and oxygen atoms in total. The normalized spacial score (nSPS) is 14.9. The number of amides is 2. The van der Waals surface area contributed by atoms with Crippen molar-refractivity contribution < 1.29 is 14.0 Å². The topological polar surface area (TPSA) is 82.5 Å². The molecule has 1 fully saturated rings. The second-order valence-electron chi connectivity index (χ2n) is 13.8. The lowest BCUT2D eigenvalue weighted by molar-refractivity contribution is -0.123. The van der Waals surface area contributed by atoms with E-state index in [0.717, 1.165) is 81.7 Å². The van der Waals surface area contributed by atoms with Crippen LogP contribution in [0.15, 0.2) is 53.9 Å². The number of rotatable bonds is 17.